The summed E-state index contributed by atoms with van der Waals surface area (Å²) < 4.78 is 0. The fourth-order valence-electron chi connectivity index (χ4n) is 5.21. The Hall–Kier alpha value is -0.570. The average molecular weight is 262 g/mol. The first kappa shape index (κ1) is 12.2. The van der Waals surface area contributed by atoms with Crippen molar-refractivity contribution >= 4 is 5.91 Å². The van der Waals surface area contributed by atoms with Crippen LogP contribution in [0.3, 0.4) is 0 Å². The van der Waals surface area contributed by atoms with E-state index in [-0.39, 0.29) is 11.9 Å². The maximum atomic E-state index is 12.0. The summed E-state index contributed by atoms with van der Waals surface area (Å²) in [6.07, 6.45) is 9.50. The average Bonchev–Trinajstić information content (AvgIpc) is 2.83. The SMILES string of the molecule is CC(NC1CC2CC1C1CCCC21)C(=O)NC1CC1. The number of hydrogen-bond donors (Lipinski definition) is 2. The van der Waals surface area contributed by atoms with Crippen molar-refractivity contribution < 1.29 is 4.79 Å². The second kappa shape index (κ2) is 4.47. The number of amides is 1. The molecule has 3 heteroatoms. The minimum absolute atomic E-state index is 0.00944. The Morgan fingerprint density at radius 1 is 1.05 bits per heavy atom. The van der Waals surface area contributed by atoms with E-state index >= 15 is 0 Å². The highest BCUT2D eigenvalue weighted by Gasteiger charge is 2.53. The van der Waals surface area contributed by atoms with E-state index in [9.17, 15) is 4.79 Å². The zero-order valence-electron chi connectivity index (χ0n) is 11.9. The number of fused-ring (bicyclic) bond motifs is 5. The van der Waals surface area contributed by atoms with Crippen LogP contribution in [-0.4, -0.2) is 24.0 Å². The molecule has 0 aromatic carbocycles. The fraction of sp³-hybridized carbons (Fsp3) is 0.938. The minimum Gasteiger partial charge on any atom is -0.352 e. The largest absolute Gasteiger partial charge is 0.352 e. The minimum atomic E-state index is -0.00944. The Labute approximate surface area is 115 Å². The lowest BCUT2D eigenvalue weighted by Crippen LogP contribution is -2.50. The lowest BCUT2D eigenvalue weighted by atomic mass is 9.79. The molecule has 0 spiro atoms. The van der Waals surface area contributed by atoms with Gasteiger partial charge < -0.3 is 10.6 Å². The third-order valence-corrected chi connectivity index (χ3v) is 6.21. The van der Waals surface area contributed by atoms with E-state index in [2.05, 4.69) is 10.6 Å². The van der Waals surface area contributed by atoms with E-state index < -0.39 is 0 Å². The van der Waals surface area contributed by atoms with Crippen molar-refractivity contribution in [2.24, 2.45) is 23.7 Å². The smallest absolute Gasteiger partial charge is 0.237 e. The summed E-state index contributed by atoms with van der Waals surface area (Å²) >= 11 is 0. The van der Waals surface area contributed by atoms with Crippen LogP contribution in [0.1, 0.15) is 51.9 Å². The molecule has 106 valence electrons. The van der Waals surface area contributed by atoms with Crippen molar-refractivity contribution in [3.63, 3.8) is 0 Å². The van der Waals surface area contributed by atoms with E-state index in [4.69, 9.17) is 0 Å². The molecule has 2 bridgehead atoms. The standard InChI is InChI=1S/C16H26N2O/c1-9(16(19)18-11-5-6-11)17-15-8-10-7-14(15)13-4-2-3-12(10)13/h9-15,17H,2-8H2,1H3,(H,18,19). The van der Waals surface area contributed by atoms with Crippen LogP contribution in [0.15, 0.2) is 0 Å². The summed E-state index contributed by atoms with van der Waals surface area (Å²) in [5, 5.41) is 6.76. The van der Waals surface area contributed by atoms with Crippen LogP contribution in [0.25, 0.3) is 0 Å². The lowest BCUT2D eigenvalue weighted by molar-refractivity contribution is -0.123. The molecular formula is C16H26N2O. The molecule has 19 heavy (non-hydrogen) atoms. The molecular weight excluding hydrogens is 236 g/mol. The first-order valence-electron chi connectivity index (χ1n) is 8.29. The van der Waals surface area contributed by atoms with Gasteiger partial charge in [0.2, 0.25) is 5.91 Å². The van der Waals surface area contributed by atoms with Gasteiger partial charge in [-0.1, -0.05) is 6.42 Å². The second-order valence-electron chi connectivity index (χ2n) is 7.43. The van der Waals surface area contributed by atoms with E-state index in [0.29, 0.717) is 12.1 Å². The Morgan fingerprint density at radius 2 is 1.84 bits per heavy atom. The molecule has 0 aliphatic heterocycles. The Morgan fingerprint density at radius 3 is 2.63 bits per heavy atom. The van der Waals surface area contributed by atoms with Gasteiger partial charge in [0, 0.05) is 12.1 Å². The number of hydrogen-bond acceptors (Lipinski definition) is 2. The van der Waals surface area contributed by atoms with Gasteiger partial charge in [0.25, 0.3) is 0 Å². The van der Waals surface area contributed by atoms with E-state index in [0.717, 1.165) is 23.7 Å². The Kier molecular flexibility index (Phi) is 2.87. The van der Waals surface area contributed by atoms with Crippen LogP contribution in [0.2, 0.25) is 0 Å². The van der Waals surface area contributed by atoms with Crippen molar-refractivity contribution in [2.75, 3.05) is 0 Å². The normalized spacial score (nSPS) is 45.2. The molecule has 6 atom stereocenters. The quantitative estimate of drug-likeness (QED) is 0.814. The van der Waals surface area contributed by atoms with Gasteiger partial charge in [-0.2, -0.15) is 0 Å². The van der Waals surface area contributed by atoms with Crippen LogP contribution in [0.4, 0.5) is 0 Å². The number of carbonyl (C=O) groups is 1. The van der Waals surface area contributed by atoms with Crippen molar-refractivity contribution in [1.29, 1.82) is 0 Å². The molecule has 1 amide bonds. The maximum Gasteiger partial charge on any atom is 0.237 e. The van der Waals surface area contributed by atoms with Crippen LogP contribution in [-0.2, 0) is 4.79 Å². The summed E-state index contributed by atoms with van der Waals surface area (Å²) in [5.41, 5.74) is 0. The van der Waals surface area contributed by atoms with Gasteiger partial charge in [-0.25, -0.2) is 0 Å². The number of rotatable bonds is 4. The Balaban J connectivity index is 1.35. The van der Waals surface area contributed by atoms with Crippen LogP contribution < -0.4 is 10.6 Å². The fourth-order valence-corrected chi connectivity index (χ4v) is 5.21. The first-order chi connectivity index (χ1) is 9.22. The molecule has 0 aromatic rings. The van der Waals surface area contributed by atoms with Crippen molar-refractivity contribution in [2.45, 2.75) is 70.0 Å². The molecule has 4 aliphatic rings. The van der Waals surface area contributed by atoms with E-state index in [1.807, 2.05) is 6.92 Å². The summed E-state index contributed by atoms with van der Waals surface area (Å²) in [5.74, 6) is 4.07. The van der Waals surface area contributed by atoms with Gasteiger partial charge in [-0.3, -0.25) is 4.79 Å². The van der Waals surface area contributed by atoms with Gasteiger partial charge in [0.15, 0.2) is 0 Å². The highest BCUT2D eigenvalue weighted by Crippen LogP contribution is 2.58. The molecule has 4 rings (SSSR count). The second-order valence-corrected chi connectivity index (χ2v) is 7.43. The molecule has 3 nitrogen and oxygen atoms in total. The molecule has 4 saturated carbocycles. The highest BCUT2D eigenvalue weighted by atomic mass is 16.2. The number of carbonyl (C=O) groups excluding carboxylic acids is 1. The van der Waals surface area contributed by atoms with Crippen LogP contribution >= 0.6 is 0 Å². The van der Waals surface area contributed by atoms with E-state index in [1.165, 1.54) is 44.9 Å². The highest BCUT2D eigenvalue weighted by molar-refractivity contribution is 5.81. The van der Waals surface area contributed by atoms with Gasteiger partial charge in [-0.15, -0.1) is 0 Å². The van der Waals surface area contributed by atoms with E-state index in [1.54, 1.807) is 0 Å². The topological polar surface area (TPSA) is 41.1 Å². The summed E-state index contributed by atoms with van der Waals surface area (Å²) in [4.78, 5) is 12.0. The molecule has 0 saturated heterocycles. The third-order valence-electron chi connectivity index (χ3n) is 6.21. The summed E-state index contributed by atoms with van der Waals surface area (Å²) in [6.45, 7) is 2.04. The molecule has 4 fully saturated rings. The summed E-state index contributed by atoms with van der Waals surface area (Å²) in [6, 6.07) is 1.09. The summed E-state index contributed by atoms with van der Waals surface area (Å²) in [7, 11) is 0. The van der Waals surface area contributed by atoms with Gasteiger partial charge in [-0.05, 0) is 69.1 Å². The van der Waals surface area contributed by atoms with Crippen LogP contribution in [0, 0.1) is 23.7 Å². The van der Waals surface area contributed by atoms with Crippen molar-refractivity contribution in [3.8, 4) is 0 Å². The van der Waals surface area contributed by atoms with Gasteiger partial charge in [0.1, 0.15) is 0 Å². The molecule has 0 aromatic heterocycles. The molecule has 4 aliphatic carbocycles. The van der Waals surface area contributed by atoms with Gasteiger partial charge in [0.05, 0.1) is 6.04 Å². The molecule has 0 radical (unpaired) electrons. The Bertz CT molecular complexity index is 379. The third kappa shape index (κ3) is 2.10. The molecule has 2 N–H and O–H groups in total. The van der Waals surface area contributed by atoms with Crippen molar-refractivity contribution in [3.05, 3.63) is 0 Å². The van der Waals surface area contributed by atoms with Crippen molar-refractivity contribution in [1.82, 2.24) is 10.6 Å². The lowest BCUT2D eigenvalue weighted by Gasteiger charge is -2.33. The zero-order chi connectivity index (χ0) is 13.0. The predicted octanol–water partition coefficient (Wildman–Crippen LogP) is 2.07. The van der Waals surface area contributed by atoms with Crippen LogP contribution in [0.5, 0.6) is 0 Å². The monoisotopic (exact) mass is 262 g/mol. The predicted molar refractivity (Wildman–Crippen MR) is 74.6 cm³/mol. The maximum absolute atomic E-state index is 12.0. The zero-order valence-corrected chi connectivity index (χ0v) is 11.9. The van der Waals surface area contributed by atoms with Gasteiger partial charge >= 0.3 is 0 Å². The first-order valence-corrected chi connectivity index (χ1v) is 8.29. The number of nitrogens with one attached hydrogen (secondary N) is 2. The molecule has 0 heterocycles. The molecule has 6 unspecified atom stereocenters.